The summed E-state index contributed by atoms with van der Waals surface area (Å²) < 4.78 is 33.6. The van der Waals surface area contributed by atoms with Gasteiger partial charge in [0.15, 0.2) is 0 Å². The van der Waals surface area contributed by atoms with Gasteiger partial charge in [0, 0.05) is 6.61 Å². The number of rotatable bonds is 4. The second kappa shape index (κ2) is 9.00. The van der Waals surface area contributed by atoms with E-state index in [2.05, 4.69) is 6.92 Å². The number of fused-ring (bicyclic) bond motifs is 1. The Balaban J connectivity index is 1.33. The molecule has 156 valence electrons. The lowest BCUT2D eigenvalue weighted by atomic mass is 9.60. The Labute approximate surface area is 173 Å². The minimum absolute atomic E-state index is 0.278. The largest absolute Gasteiger partial charge is 0.379 e. The zero-order valence-electron chi connectivity index (χ0n) is 16.9. The Kier molecular flexibility index (Phi) is 6.62. The van der Waals surface area contributed by atoms with Crippen LogP contribution in [-0.2, 0) is 4.74 Å². The molecule has 4 heteroatoms. The van der Waals surface area contributed by atoms with Crippen LogP contribution in [0.1, 0.15) is 82.6 Å². The smallest absolute Gasteiger partial charge is 0.145 e. The van der Waals surface area contributed by atoms with Crippen molar-refractivity contribution in [2.24, 2.45) is 23.7 Å². The third kappa shape index (κ3) is 4.41. The van der Waals surface area contributed by atoms with Gasteiger partial charge in [-0.1, -0.05) is 11.6 Å². The van der Waals surface area contributed by atoms with Crippen LogP contribution >= 0.6 is 11.6 Å². The van der Waals surface area contributed by atoms with Crippen LogP contribution in [0, 0.1) is 35.3 Å². The Bertz CT molecular complexity index is 648. The fourth-order valence-corrected chi connectivity index (χ4v) is 6.54. The quantitative estimate of drug-likeness (QED) is 0.466. The summed E-state index contributed by atoms with van der Waals surface area (Å²) in [7, 11) is 0. The topological polar surface area (TPSA) is 9.23 Å². The van der Waals surface area contributed by atoms with E-state index in [1.54, 1.807) is 0 Å². The van der Waals surface area contributed by atoms with Crippen LogP contribution < -0.4 is 0 Å². The molecule has 0 saturated heterocycles. The number of halogens is 3. The standard InChI is InChI=1S/C24H33ClF2O/c1-2-28-21-9-7-15(8-10-21)16-3-4-18-12-19(6-5-17(18)11-16)20-13-22(26)24(25)23(27)14-20/h13-19,21H,2-12H2,1H3. The summed E-state index contributed by atoms with van der Waals surface area (Å²) in [6, 6.07) is 2.91. The molecule has 4 rings (SSSR count). The van der Waals surface area contributed by atoms with Gasteiger partial charge in [0.25, 0.3) is 0 Å². The maximum atomic E-state index is 13.9. The molecule has 3 fully saturated rings. The highest BCUT2D eigenvalue weighted by molar-refractivity contribution is 6.30. The SMILES string of the molecule is CCOC1CCC(C2CCC3CC(c4cc(F)c(Cl)c(F)c4)CCC3C2)CC1. The second-order valence-corrected chi connectivity index (χ2v) is 9.77. The van der Waals surface area contributed by atoms with E-state index in [1.807, 2.05) is 0 Å². The first-order chi connectivity index (χ1) is 13.5. The maximum Gasteiger partial charge on any atom is 0.145 e. The van der Waals surface area contributed by atoms with E-state index < -0.39 is 11.6 Å². The van der Waals surface area contributed by atoms with Gasteiger partial charge in [0.2, 0.25) is 0 Å². The fourth-order valence-electron chi connectivity index (χ4n) is 6.43. The molecule has 1 aromatic rings. The van der Waals surface area contributed by atoms with Crippen molar-refractivity contribution in [3.63, 3.8) is 0 Å². The molecular formula is C24H33ClF2O. The molecule has 3 aliphatic rings. The van der Waals surface area contributed by atoms with Crippen molar-refractivity contribution in [2.45, 2.75) is 83.2 Å². The number of hydrogen-bond donors (Lipinski definition) is 0. The molecule has 0 spiro atoms. The van der Waals surface area contributed by atoms with Gasteiger partial charge in [-0.2, -0.15) is 0 Å². The molecule has 4 atom stereocenters. The molecule has 3 aliphatic carbocycles. The van der Waals surface area contributed by atoms with Crippen molar-refractivity contribution in [1.82, 2.24) is 0 Å². The number of hydrogen-bond acceptors (Lipinski definition) is 1. The van der Waals surface area contributed by atoms with Crippen molar-refractivity contribution >= 4 is 11.6 Å². The van der Waals surface area contributed by atoms with Crippen LogP contribution in [-0.4, -0.2) is 12.7 Å². The van der Waals surface area contributed by atoms with Gasteiger partial charge in [0.05, 0.1) is 6.10 Å². The minimum Gasteiger partial charge on any atom is -0.379 e. The normalized spacial score (nSPS) is 36.1. The average molecular weight is 411 g/mol. The lowest BCUT2D eigenvalue weighted by molar-refractivity contribution is 0.00583. The predicted molar refractivity (Wildman–Crippen MR) is 110 cm³/mol. The molecule has 1 nitrogen and oxygen atoms in total. The van der Waals surface area contributed by atoms with Crippen molar-refractivity contribution in [2.75, 3.05) is 6.61 Å². The molecule has 0 N–H and O–H groups in total. The summed E-state index contributed by atoms with van der Waals surface area (Å²) in [5.74, 6) is 2.33. The third-order valence-corrected chi connectivity index (χ3v) is 8.28. The molecule has 0 amide bonds. The summed E-state index contributed by atoms with van der Waals surface area (Å²) in [5, 5.41) is -0.378. The summed E-state index contributed by atoms with van der Waals surface area (Å²) in [6.07, 6.45) is 12.9. The van der Waals surface area contributed by atoms with Crippen LogP contribution in [0.15, 0.2) is 12.1 Å². The van der Waals surface area contributed by atoms with Gasteiger partial charge < -0.3 is 4.74 Å². The van der Waals surface area contributed by atoms with Gasteiger partial charge in [-0.3, -0.25) is 0 Å². The fraction of sp³-hybridized carbons (Fsp3) is 0.750. The lowest BCUT2D eigenvalue weighted by Gasteiger charge is -2.45. The van der Waals surface area contributed by atoms with Gasteiger partial charge in [-0.15, -0.1) is 0 Å². The predicted octanol–water partition coefficient (Wildman–Crippen LogP) is 7.51. The number of benzene rings is 1. The molecule has 0 bridgehead atoms. The van der Waals surface area contributed by atoms with Crippen molar-refractivity contribution in [3.05, 3.63) is 34.4 Å². The van der Waals surface area contributed by atoms with Crippen LogP contribution in [0.2, 0.25) is 5.02 Å². The Morgan fingerprint density at radius 1 is 0.821 bits per heavy atom. The van der Waals surface area contributed by atoms with E-state index in [0.717, 1.165) is 48.7 Å². The van der Waals surface area contributed by atoms with E-state index in [4.69, 9.17) is 16.3 Å². The van der Waals surface area contributed by atoms with Crippen molar-refractivity contribution in [3.8, 4) is 0 Å². The third-order valence-electron chi connectivity index (χ3n) is 7.92. The highest BCUT2D eigenvalue weighted by Crippen LogP contribution is 2.50. The first kappa shape index (κ1) is 20.6. The zero-order valence-corrected chi connectivity index (χ0v) is 17.7. The molecule has 3 saturated carbocycles. The van der Waals surface area contributed by atoms with Crippen LogP contribution in [0.5, 0.6) is 0 Å². The van der Waals surface area contributed by atoms with Crippen LogP contribution in [0.3, 0.4) is 0 Å². The highest BCUT2D eigenvalue weighted by Gasteiger charge is 2.39. The molecule has 0 aliphatic heterocycles. The first-order valence-electron chi connectivity index (χ1n) is 11.3. The first-order valence-corrected chi connectivity index (χ1v) is 11.7. The maximum absolute atomic E-state index is 13.9. The molecule has 0 radical (unpaired) electrons. The van der Waals surface area contributed by atoms with Gasteiger partial charge >= 0.3 is 0 Å². The molecule has 28 heavy (non-hydrogen) atoms. The van der Waals surface area contributed by atoms with Crippen molar-refractivity contribution in [1.29, 1.82) is 0 Å². The number of ether oxygens (including phenoxy) is 1. The molecule has 4 unspecified atom stereocenters. The monoisotopic (exact) mass is 410 g/mol. The van der Waals surface area contributed by atoms with Gasteiger partial charge in [-0.25, -0.2) is 8.78 Å². The summed E-state index contributed by atoms with van der Waals surface area (Å²) in [4.78, 5) is 0. The Morgan fingerprint density at radius 2 is 1.36 bits per heavy atom. The zero-order chi connectivity index (χ0) is 19.7. The van der Waals surface area contributed by atoms with Crippen molar-refractivity contribution < 1.29 is 13.5 Å². The van der Waals surface area contributed by atoms with Crippen LogP contribution in [0.4, 0.5) is 8.78 Å². The lowest BCUT2D eigenvalue weighted by Crippen LogP contribution is -2.35. The molecule has 1 aromatic carbocycles. The Morgan fingerprint density at radius 3 is 2.00 bits per heavy atom. The van der Waals surface area contributed by atoms with E-state index >= 15 is 0 Å². The summed E-state index contributed by atoms with van der Waals surface area (Å²) in [6.45, 7) is 2.93. The van der Waals surface area contributed by atoms with E-state index in [0.29, 0.717) is 6.10 Å². The van der Waals surface area contributed by atoms with Gasteiger partial charge in [0.1, 0.15) is 16.7 Å². The minimum atomic E-state index is -0.620. The molecular weight excluding hydrogens is 378 g/mol. The molecule has 0 aromatic heterocycles. The highest BCUT2D eigenvalue weighted by atomic mass is 35.5. The van der Waals surface area contributed by atoms with Gasteiger partial charge in [-0.05, 0) is 118 Å². The summed E-state index contributed by atoms with van der Waals surface area (Å²) in [5.41, 5.74) is 0.800. The Hall–Kier alpha value is -0.670. The van der Waals surface area contributed by atoms with E-state index in [9.17, 15) is 8.78 Å². The molecule has 0 heterocycles. The summed E-state index contributed by atoms with van der Waals surface area (Å²) >= 11 is 5.66. The second-order valence-electron chi connectivity index (χ2n) is 9.39. The van der Waals surface area contributed by atoms with E-state index in [1.165, 1.54) is 63.5 Å². The average Bonchev–Trinajstić information content (AvgIpc) is 2.71. The van der Waals surface area contributed by atoms with E-state index in [-0.39, 0.29) is 10.9 Å². The van der Waals surface area contributed by atoms with Crippen LogP contribution in [0.25, 0.3) is 0 Å².